The maximum atomic E-state index is 5.93. The molecule has 0 rings (SSSR count). The van der Waals surface area contributed by atoms with Crippen molar-refractivity contribution in [1.29, 1.82) is 0 Å². The van der Waals surface area contributed by atoms with Crippen LogP contribution in [0, 0.1) is 5.92 Å². The molecule has 0 aliphatic heterocycles. The van der Waals surface area contributed by atoms with Gasteiger partial charge in [0, 0.05) is 5.54 Å². The van der Waals surface area contributed by atoms with Gasteiger partial charge in [-0.15, -0.1) is 0 Å². The minimum absolute atomic E-state index is 0.0658. The normalized spacial score (nSPS) is 16.7. The van der Waals surface area contributed by atoms with E-state index < -0.39 is 0 Å². The Hall–Kier alpha value is -0.120. The van der Waals surface area contributed by atoms with Gasteiger partial charge in [0.1, 0.15) is 0 Å². The SMILES string of the molecule is CC(C)C(C)OC[C@@H](COC(C)(C)C)NC(C)(C)C. The molecule has 0 amide bonds. The van der Waals surface area contributed by atoms with Crippen molar-refractivity contribution in [3.05, 3.63) is 0 Å². The smallest absolute Gasteiger partial charge is 0.0649 e. The highest BCUT2D eigenvalue weighted by atomic mass is 16.5. The Labute approximate surface area is 120 Å². The van der Waals surface area contributed by atoms with Crippen molar-refractivity contribution in [3.8, 4) is 0 Å². The van der Waals surface area contributed by atoms with E-state index in [0.717, 1.165) is 0 Å². The topological polar surface area (TPSA) is 30.5 Å². The van der Waals surface area contributed by atoms with Gasteiger partial charge >= 0.3 is 0 Å². The van der Waals surface area contributed by atoms with Gasteiger partial charge in [-0.3, -0.25) is 0 Å². The quantitative estimate of drug-likeness (QED) is 0.768. The number of rotatable bonds is 7. The van der Waals surface area contributed by atoms with Crippen LogP contribution in [0.1, 0.15) is 62.3 Å². The maximum Gasteiger partial charge on any atom is 0.0649 e. The molecular weight excluding hydrogens is 238 g/mol. The van der Waals surface area contributed by atoms with Crippen molar-refractivity contribution in [2.45, 2.75) is 85.6 Å². The zero-order valence-corrected chi connectivity index (χ0v) is 14.5. The van der Waals surface area contributed by atoms with Crippen LogP contribution in [0.5, 0.6) is 0 Å². The first-order valence-corrected chi connectivity index (χ1v) is 7.44. The van der Waals surface area contributed by atoms with Gasteiger partial charge in [-0.1, -0.05) is 13.8 Å². The Morgan fingerprint density at radius 3 is 1.79 bits per heavy atom. The third-order valence-electron chi connectivity index (χ3n) is 2.85. The lowest BCUT2D eigenvalue weighted by atomic mass is 10.1. The Bertz CT molecular complexity index is 238. The number of hydrogen-bond donors (Lipinski definition) is 1. The van der Waals surface area contributed by atoms with Crippen LogP contribution >= 0.6 is 0 Å². The maximum absolute atomic E-state index is 5.93. The fraction of sp³-hybridized carbons (Fsp3) is 1.00. The second-order valence-electron chi connectivity index (χ2n) is 7.80. The molecule has 0 bridgehead atoms. The number of hydrogen-bond acceptors (Lipinski definition) is 3. The van der Waals surface area contributed by atoms with E-state index in [2.05, 4.69) is 67.6 Å². The van der Waals surface area contributed by atoms with Crippen molar-refractivity contribution in [2.24, 2.45) is 5.92 Å². The lowest BCUT2D eigenvalue weighted by molar-refractivity contribution is -0.0456. The summed E-state index contributed by atoms with van der Waals surface area (Å²) in [4.78, 5) is 0. The summed E-state index contributed by atoms with van der Waals surface area (Å²) < 4.78 is 11.8. The highest BCUT2D eigenvalue weighted by Gasteiger charge is 2.21. The Morgan fingerprint density at radius 2 is 1.42 bits per heavy atom. The van der Waals surface area contributed by atoms with Gasteiger partial charge in [-0.05, 0) is 54.4 Å². The van der Waals surface area contributed by atoms with E-state index in [0.29, 0.717) is 19.1 Å². The van der Waals surface area contributed by atoms with Gasteiger partial charge in [0.15, 0.2) is 0 Å². The van der Waals surface area contributed by atoms with Gasteiger partial charge in [0.05, 0.1) is 31.0 Å². The van der Waals surface area contributed by atoms with Crippen LogP contribution < -0.4 is 5.32 Å². The molecule has 0 fully saturated rings. The van der Waals surface area contributed by atoms with Gasteiger partial charge in [-0.2, -0.15) is 0 Å². The van der Waals surface area contributed by atoms with Crippen molar-refractivity contribution < 1.29 is 9.47 Å². The van der Waals surface area contributed by atoms with E-state index in [1.54, 1.807) is 0 Å². The molecule has 0 aromatic heterocycles. The number of ether oxygens (including phenoxy) is 2. The molecule has 0 aromatic rings. The summed E-state index contributed by atoms with van der Waals surface area (Å²) in [7, 11) is 0. The second kappa shape index (κ2) is 7.61. The monoisotopic (exact) mass is 273 g/mol. The van der Waals surface area contributed by atoms with Crippen molar-refractivity contribution in [3.63, 3.8) is 0 Å². The molecule has 0 aliphatic carbocycles. The highest BCUT2D eigenvalue weighted by molar-refractivity contribution is 4.79. The Morgan fingerprint density at radius 1 is 0.895 bits per heavy atom. The standard InChI is InChI=1S/C16H35NO2/c1-12(2)13(3)18-10-14(17-15(4,5)6)11-19-16(7,8)9/h12-14,17H,10-11H2,1-9H3/t13?,14-/m0/s1. The van der Waals surface area contributed by atoms with Gasteiger partial charge in [-0.25, -0.2) is 0 Å². The van der Waals surface area contributed by atoms with Crippen LogP contribution in [-0.4, -0.2) is 36.5 Å². The number of nitrogens with one attached hydrogen (secondary N) is 1. The van der Waals surface area contributed by atoms with Crippen LogP contribution in [0.4, 0.5) is 0 Å². The molecule has 0 heterocycles. The molecule has 0 saturated carbocycles. The average Bonchev–Trinajstić information content (AvgIpc) is 2.18. The van der Waals surface area contributed by atoms with E-state index in [4.69, 9.17) is 9.47 Å². The van der Waals surface area contributed by atoms with E-state index in [-0.39, 0.29) is 23.3 Å². The van der Waals surface area contributed by atoms with Crippen LogP contribution in [0.15, 0.2) is 0 Å². The zero-order chi connectivity index (χ0) is 15.3. The van der Waals surface area contributed by atoms with Gasteiger partial charge in [0.25, 0.3) is 0 Å². The molecule has 3 nitrogen and oxygen atoms in total. The van der Waals surface area contributed by atoms with Crippen molar-refractivity contribution in [1.82, 2.24) is 5.32 Å². The summed E-state index contributed by atoms with van der Waals surface area (Å²) in [6, 6.07) is 0.223. The molecule has 0 aromatic carbocycles. The summed E-state index contributed by atoms with van der Waals surface area (Å²) in [5.41, 5.74) is -0.0438. The third-order valence-corrected chi connectivity index (χ3v) is 2.85. The predicted octanol–water partition coefficient (Wildman–Crippen LogP) is 3.62. The lowest BCUT2D eigenvalue weighted by Gasteiger charge is -2.32. The predicted molar refractivity (Wildman–Crippen MR) is 82.6 cm³/mol. The summed E-state index contributed by atoms with van der Waals surface area (Å²) in [5, 5.41) is 3.57. The summed E-state index contributed by atoms with van der Waals surface area (Å²) in [6.45, 7) is 20.6. The molecule has 116 valence electrons. The Kier molecular flexibility index (Phi) is 7.56. The van der Waals surface area contributed by atoms with Crippen LogP contribution in [0.25, 0.3) is 0 Å². The molecule has 3 heteroatoms. The Balaban J connectivity index is 4.34. The molecule has 0 spiro atoms. The summed E-state index contributed by atoms with van der Waals surface area (Å²) in [6.07, 6.45) is 0.277. The lowest BCUT2D eigenvalue weighted by Crippen LogP contribution is -2.49. The summed E-state index contributed by atoms with van der Waals surface area (Å²) in [5.74, 6) is 0.541. The fourth-order valence-electron chi connectivity index (χ4n) is 1.55. The summed E-state index contributed by atoms with van der Waals surface area (Å²) >= 11 is 0. The average molecular weight is 273 g/mol. The van der Waals surface area contributed by atoms with Gasteiger partial charge < -0.3 is 14.8 Å². The largest absolute Gasteiger partial charge is 0.377 e. The van der Waals surface area contributed by atoms with Gasteiger partial charge in [0.2, 0.25) is 0 Å². The minimum Gasteiger partial charge on any atom is -0.377 e. The van der Waals surface area contributed by atoms with E-state index in [1.165, 1.54) is 0 Å². The van der Waals surface area contributed by atoms with Crippen molar-refractivity contribution >= 4 is 0 Å². The van der Waals surface area contributed by atoms with E-state index in [9.17, 15) is 0 Å². The first-order chi connectivity index (χ1) is 8.41. The van der Waals surface area contributed by atoms with E-state index >= 15 is 0 Å². The molecule has 0 aliphatic rings. The molecular formula is C16H35NO2. The van der Waals surface area contributed by atoms with Crippen molar-refractivity contribution in [2.75, 3.05) is 13.2 Å². The zero-order valence-electron chi connectivity index (χ0n) is 14.5. The molecule has 1 N–H and O–H groups in total. The van der Waals surface area contributed by atoms with E-state index in [1.807, 2.05) is 0 Å². The van der Waals surface area contributed by atoms with Crippen LogP contribution in [0.2, 0.25) is 0 Å². The first-order valence-electron chi connectivity index (χ1n) is 7.44. The highest BCUT2D eigenvalue weighted by Crippen LogP contribution is 2.11. The fourth-order valence-corrected chi connectivity index (χ4v) is 1.55. The minimum atomic E-state index is -0.110. The van der Waals surface area contributed by atoms with Crippen LogP contribution in [0.3, 0.4) is 0 Å². The molecule has 19 heavy (non-hydrogen) atoms. The van der Waals surface area contributed by atoms with Crippen LogP contribution in [-0.2, 0) is 9.47 Å². The first kappa shape index (κ1) is 18.9. The second-order valence-corrected chi connectivity index (χ2v) is 7.80. The molecule has 0 saturated heterocycles. The third kappa shape index (κ3) is 11.4. The molecule has 1 unspecified atom stereocenters. The molecule has 2 atom stereocenters. The molecule has 0 radical (unpaired) electrons.